The zero-order valence-electron chi connectivity index (χ0n) is 12.3. The van der Waals surface area contributed by atoms with Gasteiger partial charge in [0.05, 0.1) is 12.6 Å². The molecule has 0 aliphatic heterocycles. The second kappa shape index (κ2) is 5.80. The average Bonchev–Trinajstić information content (AvgIpc) is 2.75. The summed E-state index contributed by atoms with van der Waals surface area (Å²) >= 11 is 0. The molecule has 0 aliphatic rings. The van der Waals surface area contributed by atoms with Crippen molar-refractivity contribution in [1.29, 1.82) is 0 Å². The first-order valence-electron chi connectivity index (χ1n) is 6.70. The lowest BCUT2D eigenvalue weighted by Crippen LogP contribution is -2.21. The van der Waals surface area contributed by atoms with Crippen LogP contribution in [-0.4, -0.2) is 26.4 Å². The van der Waals surface area contributed by atoms with Crippen molar-refractivity contribution < 1.29 is 9.47 Å². The highest BCUT2D eigenvalue weighted by Crippen LogP contribution is 2.21. The van der Waals surface area contributed by atoms with Gasteiger partial charge in [-0.05, 0) is 30.3 Å². The molecule has 3 nitrogen and oxygen atoms in total. The summed E-state index contributed by atoms with van der Waals surface area (Å²) in [6, 6.07) is 9.42. The summed E-state index contributed by atoms with van der Waals surface area (Å²) in [6.07, 6.45) is 2.07. The Morgan fingerprint density at radius 1 is 1.16 bits per heavy atom. The van der Waals surface area contributed by atoms with Gasteiger partial charge in [-0.3, -0.25) is 0 Å². The molecule has 0 atom stereocenters. The molecule has 4 heteroatoms. The summed E-state index contributed by atoms with van der Waals surface area (Å²) in [5.41, 5.74) is 1.19. The van der Waals surface area contributed by atoms with Gasteiger partial charge in [-0.15, -0.1) is 0 Å². The fraction of sp³-hybridized carbons (Fsp3) is 0.467. The third-order valence-corrected chi connectivity index (χ3v) is 4.91. The third kappa shape index (κ3) is 3.85. The monoisotopic (exact) mass is 277 g/mol. The highest BCUT2D eigenvalue weighted by Gasteiger charge is 2.12. The number of methoxy groups -OCH3 is 1. The van der Waals surface area contributed by atoms with Gasteiger partial charge in [-0.2, -0.15) is 0 Å². The minimum Gasteiger partial charge on any atom is -0.497 e. The van der Waals surface area contributed by atoms with Gasteiger partial charge in [-0.25, -0.2) is 0 Å². The Morgan fingerprint density at radius 2 is 1.95 bits per heavy atom. The van der Waals surface area contributed by atoms with E-state index in [4.69, 9.17) is 9.47 Å². The van der Waals surface area contributed by atoms with Crippen molar-refractivity contribution in [3.63, 3.8) is 0 Å². The first kappa shape index (κ1) is 14.2. The number of nitrogens with zero attached hydrogens (tertiary/aromatic N) is 1. The normalized spacial score (nSPS) is 12.0. The number of aromatic nitrogens is 1. The van der Waals surface area contributed by atoms with E-state index in [-0.39, 0.29) is 0 Å². The van der Waals surface area contributed by atoms with Crippen molar-refractivity contribution in [2.75, 3.05) is 13.7 Å². The van der Waals surface area contributed by atoms with Crippen LogP contribution in [0.1, 0.15) is 0 Å². The maximum Gasteiger partial charge on any atom is 0.122 e. The smallest absolute Gasteiger partial charge is 0.122 e. The molecule has 0 N–H and O–H groups in total. The number of ether oxygens (including phenoxy) is 2. The molecule has 0 saturated heterocycles. The Labute approximate surface area is 116 Å². The summed E-state index contributed by atoms with van der Waals surface area (Å²) in [6.45, 7) is 8.58. The van der Waals surface area contributed by atoms with E-state index in [2.05, 4.69) is 42.5 Å². The highest BCUT2D eigenvalue weighted by molar-refractivity contribution is 6.76. The van der Waals surface area contributed by atoms with Gasteiger partial charge in [-0.1, -0.05) is 19.6 Å². The Balaban J connectivity index is 1.98. The SMILES string of the molecule is COc1ccc2c(ccn2COCC[Si](C)(C)C)c1. The molecule has 2 rings (SSSR count). The van der Waals surface area contributed by atoms with E-state index in [1.54, 1.807) is 7.11 Å². The molecule has 0 radical (unpaired) electrons. The standard InChI is InChI=1S/C15H23NO2Si/c1-17-14-5-6-15-13(11-14)7-8-16(15)12-18-9-10-19(2,3)4/h5-8,11H,9-10,12H2,1-4H3. The first-order valence-corrected chi connectivity index (χ1v) is 10.4. The van der Waals surface area contributed by atoms with Crippen LogP contribution in [0.5, 0.6) is 5.75 Å². The summed E-state index contributed by atoms with van der Waals surface area (Å²) < 4.78 is 13.2. The van der Waals surface area contributed by atoms with Crippen LogP contribution in [0, 0.1) is 0 Å². The van der Waals surface area contributed by atoms with E-state index in [0.29, 0.717) is 6.73 Å². The van der Waals surface area contributed by atoms with Crippen molar-refractivity contribution in [1.82, 2.24) is 4.57 Å². The Hall–Kier alpha value is -1.26. The van der Waals surface area contributed by atoms with E-state index in [1.165, 1.54) is 16.9 Å². The molecule has 0 saturated carbocycles. The number of hydrogen-bond acceptors (Lipinski definition) is 2. The lowest BCUT2D eigenvalue weighted by molar-refractivity contribution is 0.0902. The van der Waals surface area contributed by atoms with Crippen LogP contribution in [0.2, 0.25) is 25.7 Å². The summed E-state index contributed by atoms with van der Waals surface area (Å²) in [7, 11) is 0.696. The molecule has 0 unspecified atom stereocenters. The maximum atomic E-state index is 5.79. The maximum absolute atomic E-state index is 5.79. The van der Waals surface area contributed by atoms with Crippen molar-refractivity contribution in [3.8, 4) is 5.75 Å². The predicted octanol–water partition coefficient (Wildman–Crippen LogP) is 3.96. The van der Waals surface area contributed by atoms with E-state index in [9.17, 15) is 0 Å². The van der Waals surface area contributed by atoms with Gasteiger partial charge in [0.2, 0.25) is 0 Å². The predicted molar refractivity (Wildman–Crippen MR) is 82.6 cm³/mol. The van der Waals surface area contributed by atoms with Crippen LogP contribution in [0.15, 0.2) is 30.5 Å². The lowest BCUT2D eigenvalue weighted by Gasteiger charge is -2.15. The number of hydrogen-bond donors (Lipinski definition) is 0. The van der Waals surface area contributed by atoms with Crippen molar-refractivity contribution in [2.24, 2.45) is 0 Å². The number of rotatable bonds is 6. The minimum absolute atomic E-state index is 0.625. The average molecular weight is 277 g/mol. The second-order valence-corrected chi connectivity index (χ2v) is 11.7. The van der Waals surface area contributed by atoms with E-state index < -0.39 is 8.07 Å². The summed E-state index contributed by atoms with van der Waals surface area (Å²) in [4.78, 5) is 0. The van der Waals surface area contributed by atoms with Crippen LogP contribution < -0.4 is 4.74 Å². The molecule has 104 valence electrons. The molecule has 1 heterocycles. The molecular formula is C15H23NO2Si. The molecule has 1 aromatic carbocycles. The molecule has 0 aliphatic carbocycles. The second-order valence-electron chi connectivity index (χ2n) is 6.06. The topological polar surface area (TPSA) is 23.4 Å². The first-order chi connectivity index (χ1) is 8.99. The quantitative estimate of drug-likeness (QED) is 0.589. The summed E-state index contributed by atoms with van der Waals surface area (Å²) in [5.74, 6) is 0.893. The van der Waals surface area contributed by atoms with Crippen LogP contribution >= 0.6 is 0 Å². The fourth-order valence-corrected chi connectivity index (χ4v) is 2.72. The third-order valence-electron chi connectivity index (χ3n) is 3.20. The van der Waals surface area contributed by atoms with E-state index in [0.717, 1.165) is 12.4 Å². The Kier molecular flexibility index (Phi) is 4.32. The fourth-order valence-electron chi connectivity index (χ4n) is 1.96. The molecule has 2 aromatic rings. The van der Waals surface area contributed by atoms with Gasteiger partial charge >= 0.3 is 0 Å². The van der Waals surface area contributed by atoms with Crippen LogP contribution in [0.25, 0.3) is 10.9 Å². The summed E-state index contributed by atoms with van der Waals surface area (Å²) in [5, 5.41) is 1.19. The Morgan fingerprint density at radius 3 is 2.63 bits per heavy atom. The molecule has 0 bridgehead atoms. The molecular weight excluding hydrogens is 254 g/mol. The number of benzene rings is 1. The van der Waals surface area contributed by atoms with Crippen LogP contribution in [0.4, 0.5) is 0 Å². The molecule has 0 spiro atoms. The highest BCUT2D eigenvalue weighted by atomic mass is 28.3. The molecule has 1 aromatic heterocycles. The molecule has 0 fully saturated rings. The van der Waals surface area contributed by atoms with Crippen molar-refractivity contribution in [2.45, 2.75) is 32.4 Å². The van der Waals surface area contributed by atoms with Crippen molar-refractivity contribution in [3.05, 3.63) is 30.5 Å². The Bertz CT molecular complexity index is 543. The van der Waals surface area contributed by atoms with Gasteiger partial charge in [0.15, 0.2) is 0 Å². The van der Waals surface area contributed by atoms with Gasteiger partial charge in [0.25, 0.3) is 0 Å². The van der Waals surface area contributed by atoms with Crippen LogP contribution in [0.3, 0.4) is 0 Å². The van der Waals surface area contributed by atoms with Gasteiger partial charge < -0.3 is 14.0 Å². The zero-order valence-corrected chi connectivity index (χ0v) is 13.3. The van der Waals surface area contributed by atoms with E-state index >= 15 is 0 Å². The van der Waals surface area contributed by atoms with Gasteiger partial charge in [0, 0.05) is 26.3 Å². The van der Waals surface area contributed by atoms with Crippen LogP contribution in [-0.2, 0) is 11.5 Å². The molecule has 0 amide bonds. The van der Waals surface area contributed by atoms with E-state index in [1.807, 2.05) is 12.1 Å². The lowest BCUT2D eigenvalue weighted by atomic mass is 10.2. The molecule has 19 heavy (non-hydrogen) atoms. The number of fused-ring (bicyclic) bond motifs is 1. The van der Waals surface area contributed by atoms with Crippen molar-refractivity contribution >= 4 is 19.0 Å². The van der Waals surface area contributed by atoms with Gasteiger partial charge in [0.1, 0.15) is 12.5 Å². The largest absolute Gasteiger partial charge is 0.497 e. The zero-order chi connectivity index (χ0) is 13.9. The minimum atomic E-state index is -0.996.